The third-order valence-corrected chi connectivity index (χ3v) is 3.29. The van der Waals surface area contributed by atoms with Gasteiger partial charge in [-0.1, -0.05) is 38.1 Å². The van der Waals surface area contributed by atoms with Gasteiger partial charge in [-0.05, 0) is 35.1 Å². The van der Waals surface area contributed by atoms with E-state index < -0.39 is 12.9 Å². The summed E-state index contributed by atoms with van der Waals surface area (Å²) in [5, 5.41) is 18.0. The normalized spacial score (nSPS) is 10.8. The van der Waals surface area contributed by atoms with Crippen LogP contribution in [0.2, 0.25) is 0 Å². The standard InChI is InChI=1S/C16H18BFO3/c1-11(2)12-4-3-5-15(8-12)21-10-13-6-7-14(17(19)20)9-16(13)18/h3-9,11,19-20H,10H2,1-2H3. The molecule has 0 aliphatic heterocycles. The van der Waals surface area contributed by atoms with Crippen LogP contribution in [0.1, 0.15) is 30.9 Å². The van der Waals surface area contributed by atoms with Gasteiger partial charge in [-0.3, -0.25) is 0 Å². The second kappa shape index (κ2) is 6.74. The topological polar surface area (TPSA) is 49.7 Å². The monoisotopic (exact) mass is 288 g/mol. The van der Waals surface area contributed by atoms with Crippen molar-refractivity contribution in [3.8, 4) is 5.75 Å². The first-order valence-corrected chi connectivity index (χ1v) is 6.84. The van der Waals surface area contributed by atoms with Gasteiger partial charge < -0.3 is 14.8 Å². The summed E-state index contributed by atoms with van der Waals surface area (Å²) >= 11 is 0. The van der Waals surface area contributed by atoms with Gasteiger partial charge >= 0.3 is 7.12 Å². The Labute approximate surface area is 124 Å². The average molecular weight is 288 g/mol. The molecular weight excluding hydrogens is 270 g/mol. The van der Waals surface area contributed by atoms with Crippen molar-refractivity contribution in [1.82, 2.24) is 0 Å². The van der Waals surface area contributed by atoms with Crippen LogP contribution in [0, 0.1) is 5.82 Å². The van der Waals surface area contributed by atoms with Crippen molar-refractivity contribution in [3.05, 3.63) is 59.4 Å². The van der Waals surface area contributed by atoms with Gasteiger partial charge in [0.25, 0.3) is 0 Å². The molecule has 5 heteroatoms. The Bertz CT molecular complexity index is 614. The van der Waals surface area contributed by atoms with E-state index in [-0.39, 0.29) is 12.1 Å². The first-order chi connectivity index (χ1) is 9.97. The van der Waals surface area contributed by atoms with Gasteiger partial charge in [0.05, 0.1) is 0 Å². The molecule has 0 aromatic heterocycles. The predicted octanol–water partition coefficient (Wildman–Crippen LogP) is 2.21. The average Bonchev–Trinajstić information content (AvgIpc) is 2.46. The van der Waals surface area contributed by atoms with Crippen LogP contribution < -0.4 is 10.2 Å². The highest BCUT2D eigenvalue weighted by molar-refractivity contribution is 6.58. The molecule has 0 fully saturated rings. The van der Waals surface area contributed by atoms with Crippen molar-refractivity contribution in [2.45, 2.75) is 26.4 Å². The molecule has 2 aromatic rings. The summed E-state index contributed by atoms with van der Waals surface area (Å²) in [5.41, 5.74) is 1.65. The van der Waals surface area contributed by atoms with Crippen LogP contribution in [0.15, 0.2) is 42.5 Å². The second-order valence-electron chi connectivity index (χ2n) is 5.24. The zero-order valence-electron chi connectivity index (χ0n) is 12.1. The summed E-state index contributed by atoms with van der Waals surface area (Å²) in [7, 11) is -1.67. The molecule has 0 bridgehead atoms. The van der Waals surface area contributed by atoms with Gasteiger partial charge in [0, 0.05) is 5.56 Å². The Morgan fingerprint density at radius 2 is 1.90 bits per heavy atom. The SMILES string of the molecule is CC(C)c1cccc(OCc2ccc(B(O)O)cc2F)c1. The molecule has 2 aromatic carbocycles. The van der Waals surface area contributed by atoms with Crippen molar-refractivity contribution < 1.29 is 19.2 Å². The van der Waals surface area contributed by atoms with E-state index >= 15 is 0 Å². The third-order valence-electron chi connectivity index (χ3n) is 3.29. The van der Waals surface area contributed by atoms with E-state index in [1.807, 2.05) is 24.3 Å². The zero-order chi connectivity index (χ0) is 15.4. The molecule has 0 unspecified atom stereocenters. The maximum Gasteiger partial charge on any atom is 0.488 e. The van der Waals surface area contributed by atoms with Crippen LogP contribution in [0.4, 0.5) is 4.39 Å². The molecule has 0 saturated heterocycles. The molecule has 0 aliphatic rings. The Morgan fingerprint density at radius 3 is 2.52 bits per heavy atom. The van der Waals surface area contributed by atoms with E-state index in [2.05, 4.69) is 13.8 Å². The lowest BCUT2D eigenvalue weighted by Gasteiger charge is -2.11. The van der Waals surface area contributed by atoms with Crippen LogP contribution in [-0.4, -0.2) is 17.2 Å². The van der Waals surface area contributed by atoms with E-state index in [0.717, 1.165) is 11.6 Å². The molecule has 0 heterocycles. The fraction of sp³-hybridized carbons (Fsp3) is 0.250. The predicted molar refractivity (Wildman–Crippen MR) is 81.1 cm³/mol. The second-order valence-corrected chi connectivity index (χ2v) is 5.24. The van der Waals surface area contributed by atoms with Crippen molar-refractivity contribution in [2.24, 2.45) is 0 Å². The lowest BCUT2D eigenvalue weighted by Crippen LogP contribution is -2.30. The molecule has 21 heavy (non-hydrogen) atoms. The summed E-state index contributed by atoms with van der Waals surface area (Å²) in [4.78, 5) is 0. The summed E-state index contributed by atoms with van der Waals surface area (Å²) < 4.78 is 19.4. The number of hydrogen-bond acceptors (Lipinski definition) is 3. The van der Waals surface area contributed by atoms with Crippen LogP contribution in [-0.2, 0) is 6.61 Å². The molecule has 2 rings (SSSR count). The first-order valence-electron chi connectivity index (χ1n) is 6.84. The Balaban J connectivity index is 2.08. The van der Waals surface area contributed by atoms with E-state index in [1.165, 1.54) is 12.1 Å². The largest absolute Gasteiger partial charge is 0.489 e. The van der Waals surface area contributed by atoms with Gasteiger partial charge in [-0.25, -0.2) is 4.39 Å². The van der Waals surface area contributed by atoms with Gasteiger partial charge in [-0.15, -0.1) is 0 Å². The van der Waals surface area contributed by atoms with Gasteiger partial charge in [0.15, 0.2) is 0 Å². The minimum Gasteiger partial charge on any atom is -0.489 e. The van der Waals surface area contributed by atoms with Crippen molar-refractivity contribution >= 4 is 12.6 Å². The molecule has 2 N–H and O–H groups in total. The highest BCUT2D eigenvalue weighted by Crippen LogP contribution is 2.21. The van der Waals surface area contributed by atoms with Crippen LogP contribution in [0.3, 0.4) is 0 Å². The molecule has 0 saturated carbocycles. The highest BCUT2D eigenvalue weighted by atomic mass is 19.1. The Kier molecular flexibility index (Phi) is 4.99. The van der Waals surface area contributed by atoms with E-state index in [1.54, 1.807) is 0 Å². The van der Waals surface area contributed by atoms with E-state index in [9.17, 15) is 4.39 Å². The maximum absolute atomic E-state index is 13.8. The van der Waals surface area contributed by atoms with Crippen molar-refractivity contribution in [3.63, 3.8) is 0 Å². The van der Waals surface area contributed by atoms with Crippen molar-refractivity contribution in [1.29, 1.82) is 0 Å². The molecule has 110 valence electrons. The van der Waals surface area contributed by atoms with Crippen LogP contribution >= 0.6 is 0 Å². The summed E-state index contributed by atoms with van der Waals surface area (Å²) in [6, 6.07) is 11.8. The summed E-state index contributed by atoms with van der Waals surface area (Å²) in [5.74, 6) is 0.572. The van der Waals surface area contributed by atoms with Crippen molar-refractivity contribution in [2.75, 3.05) is 0 Å². The third kappa shape index (κ3) is 4.06. The fourth-order valence-corrected chi connectivity index (χ4v) is 1.97. The van der Waals surface area contributed by atoms with Gasteiger partial charge in [0.2, 0.25) is 0 Å². The van der Waals surface area contributed by atoms with Crippen LogP contribution in [0.5, 0.6) is 5.75 Å². The summed E-state index contributed by atoms with van der Waals surface area (Å²) in [6.45, 7) is 4.28. The smallest absolute Gasteiger partial charge is 0.488 e. The molecule has 0 spiro atoms. The van der Waals surface area contributed by atoms with E-state index in [4.69, 9.17) is 14.8 Å². The molecule has 0 amide bonds. The Morgan fingerprint density at radius 1 is 1.14 bits per heavy atom. The van der Waals surface area contributed by atoms with E-state index in [0.29, 0.717) is 17.2 Å². The first kappa shape index (κ1) is 15.5. The highest BCUT2D eigenvalue weighted by Gasteiger charge is 2.13. The molecule has 0 radical (unpaired) electrons. The zero-order valence-corrected chi connectivity index (χ0v) is 12.1. The van der Waals surface area contributed by atoms with Crippen LogP contribution in [0.25, 0.3) is 0 Å². The summed E-state index contributed by atoms with van der Waals surface area (Å²) in [6.07, 6.45) is 0. The number of benzene rings is 2. The lowest BCUT2D eigenvalue weighted by atomic mass is 9.80. The molecule has 0 atom stereocenters. The molecular formula is C16H18BFO3. The van der Waals surface area contributed by atoms with Gasteiger partial charge in [-0.2, -0.15) is 0 Å². The number of hydrogen-bond donors (Lipinski definition) is 2. The maximum atomic E-state index is 13.8. The fourth-order valence-electron chi connectivity index (χ4n) is 1.97. The Hall–Kier alpha value is -1.85. The number of ether oxygens (including phenoxy) is 1. The van der Waals surface area contributed by atoms with Gasteiger partial charge in [0.1, 0.15) is 18.2 Å². The minimum absolute atomic E-state index is 0.0924. The minimum atomic E-state index is -1.67. The number of rotatable bonds is 5. The lowest BCUT2D eigenvalue weighted by molar-refractivity contribution is 0.299. The molecule has 3 nitrogen and oxygen atoms in total. The molecule has 0 aliphatic carbocycles. The number of halogens is 1. The quantitative estimate of drug-likeness (QED) is 0.829.